The van der Waals surface area contributed by atoms with Gasteiger partial charge in [0.05, 0.1) is 0 Å². The second-order valence-electron chi connectivity index (χ2n) is 12.0. The molecule has 10 rings (SSSR count). The van der Waals surface area contributed by atoms with E-state index in [0.29, 0.717) is 17.5 Å². The van der Waals surface area contributed by atoms with Crippen molar-refractivity contribution in [3.8, 4) is 45.3 Å². The van der Waals surface area contributed by atoms with E-state index >= 15 is 0 Å². The highest BCUT2D eigenvalue weighted by atomic mass is 32.1. The van der Waals surface area contributed by atoms with Crippen LogP contribution in [0.4, 0.5) is 0 Å². The molecule has 0 spiro atoms. The molecule has 0 fully saturated rings. The number of aromatic nitrogens is 3. The SMILES string of the molecule is c1ccc(-c2nc(-c3ccccc3)nc(-c3cccc4oc5ccc(-c6ccc7sc8c9ccccc9ccc8c7c6)cc5c34)n2)cc1. The molecule has 48 heavy (non-hydrogen) atoms. The molecular weight excluding hydrogens is 607 g/mol. The van der Waals surface area contributed by atoms with Gasteiger partial charge in [-0.2, -0.15) is 0 Å². The Morgan fingerprint density at radius 1 is 0.417 bits per heavy atom. The maximum Gasteiger partial charge on any atom is 0.164 e. The number of thiophene rings is 1. The fourth-order valence-electron chi connectivity index (χ4n) is 6.81. The topological polar surface area (TPSA) is 51.8 Å². The van der Waals surface area contributed by atoms with E-state index in [1.165, 1.54) is 36.5 Å². The van der Waals surface area contributed by atoms with Crippen LogP contribution in [0.5, 0.6) is 0 Å². The Hall–Kier alpha value is -6.17. The van der Waals surface area contributed by atoms with Gasteiger partial charge in [0.2, 0.25) is 0 Å². The van der Waals surface area contributed by atoms with E-state index in [9.17, 15) is 0 Å². The number of furan rings is 1. The van der Waals surface area contributed by atoms with Gasteiger partial charge in [-0.1, -0.05) is 121 Å². The van der Waals surface area contributed by atoms with Crippen molar-refractivity contribution in [3.05, 3.63) is 152 Å². The van der Waals surface area contributed by atoms with E-state index in [-0.39, 0.29) is 0 Å². The van der Waals surface area contributed by atoms with Crippen LogP contribution >= 0.6 is 11.3 Å². The van der Waals surface area contributed by atoms with E-state index in [0.717, 1.165) is 44.2 Å². The van der Waals surface area contributed by atoms with Crippen LogP contribution in [0, 0.1) is 0 Å². The maximum absolute atomic E-state index is 6.42. The molecule has 0 amide bonds. The second-order valence-corrected chi connectivity index (χ2v) is 13.1. The Morgan fingerprint density at radius 3 is 1.85 bits per heavy atom. The van der Waals surface area contributed by atoms with E-state index in [2.05, 4.69) is 78.9 Å². The molecule has 0 saturated carbocycles. The minimum absolute atomic E-state index is 0.611. The van der Waals surface area contributed by atoms with Crippen molar-refractivity contribution in [1.29, 1.82) is 0 Å². The first-order chi connectivity index (χ1) is 23.8. The lowest BCUT2D eigenvalue weighted by Gasteiger charge is -2.09. The van der Waals surface area contributed by atoms with Gasteiger partial charge >= 0.3 is 0 Å². The zero-order chi connectivity index (χ0) is 31.6. The third kappa shape index (κ3) is 4.33. The van der Waals surface area contributed by atoms with Gasteiger partial charge in [0.15, 0.2) is 17.5 Å². The summed E-state index contributed by atoms with van der Waals surface area (Å²) in [5.74, 6) is 1.88. The van der Waals surface area contributed by atoms with Crippen molar-refractivity contribution in [2.45, 2.75) is 0 Å². The molecule has 224 valence electrons. The van der Waals surface area contributed by atoms with Crippen LogP contribution in [0.3, 0.4) is 0 Å². The van der Waals surface area contributed by atoms with Gasteiger partial charge in [0, 0.05) is 47.6 Å². The van der Waals surface area contributed by atoms with E-state index in [1.807, 2.05) is 84.1 Å². The minimum Gasteiger partial charge on any atom is -0.456 e. The summed E-state index contributed by atoms with van der Waals surface area (Å²) in [5.41, 5.74) is 6.72. The average Bonchev–Trinajstić information content (AvgIpc) is 3.73. The van der Waals surface area contributed by atoms with Crippen molar-refractivity contribution in [2.75, 3.05) is 0 Å². The fourth-order valence-corrected chi connectivity index (χ4v) is 8.02. The summed E-state index contributed by atoms with van der Waals surface area (Å²) < 4.78 is 9.05. The van der Waals surface area contributed by atoms with Crippen LogP contribution in [0.25, 0.3) is 98.2 Å². The minimum atomic E-state index is 0.611. The zero-order valence-electron chi connectivity index (χ0n) is 25.6. The third-order valence-electron chi connectivity index (χ3n) is 9.13. The molecule has 10 aromatic rings. The van der Waals surface area contributed by atoms with Gasteiger partial charge in [-0.25, -0.2) is 15.0 Å². The molecule has 0 radical (unpaired) electrons. The summed E-state index contributed by atoms with van der Waals surface area (Å²) in [6, 6.07) is 52.7. The van der Waals surface area contributed by atoms with Crippen molar-refractivity contribution in [2.24, 2.45) is 0 Å². The summed E-state index contributed by atoms with van der Waals surface area (Å²) >= 11 is 1.87. The fraction of sp³-hybridized carbons (Fsp3) is 0. The van der Waals surface area contributed by atoms with Crippen molar-refractivity contribution >= 4 is 64.2 Å². The largest absolute Gasteiger partial charge is 0.456 e. The van der Waals surface area contributed by atoms with E-state index < -0.39 is 0 Å². The molecule has 0 N–H and O–H groups in total. The summed E-state index contributed by atoms with van der Waals surface area (Å²) in [6.07, 6.45) is 0. The van der Waals surface area contributed by atoms with Crippen LogP contribution in [-0.4, -0.2) is 15.0 Å². The average molecular weight is 632 g/mol. The number of fused-ring (bicyclic) bond motifs is 8. The highest BCUT2D eigenvalue weighted by Crippen LogP contribution is 2.42. The number of rotatable bonds is 4. The molecule has 0 aliphatic rings. The standard InChI is InChI=1S/C43H25N3OS/c1-3-11-27(12-4-1)41-44-42(28-13-5-2-6-14-28)46-43(45-41)33-16-9-17-37-39(33)35-25-29(19-22-36(35)47-37)30-20-23-38-34(24-30)32-21-18-26-10-7-8-15-31(26)40(32)48-38/h1-25H. The van der Waals surface area contributed by atoms with Crippen LogP contribution in [0.1, 0.15) is 0 Å². The Kier molecular flexibility index (Phi) is 6.01. The maximum atomic E-state index is 6.42. The number of hydrogen-bond acceptors (Lipinski definition) is 5. The molecule has 0 bridgehead atoms. The van der Waals surface area contributed by atoms with Gasteiger partial charge in [0.1, 0.15) is 11.2 Å². The Labute approximate surface area is 279 Å². The Morgan fingerprint density at radius 2 is 1.08 bits per heavy atom. The predicted molar refractivity (Wildman–Crippen MR) is 199 cm³/mol. The first-order valence-corrected chi connectivity index (χ1v) is 16.8. The monoisotopic (exact) mass is 631 g/mol. The first kappa shape index (κ1) is 27.0. The van der Waals surface area contributed by atoms with Crippen LogP contribution < -0.4 is 0 Å². The quantitative estimate of drug-likeness (QED) is 0.194. The lowest BCUT2D eigenvalue weighted by Crippen LogP contribution is -2.00. The molecular formula is C43H25N3OS. The molecule has 0 saturated heterocycles. The molecule has 5 heteroatoms. The highest BCUT2D eigenvalue weighted by molar-refractivity contribution is 7.26. The second kappa shape index (κ2) is 10.7. The first-order valence-electron chi connectivity index (χ1n) is 15.9. The Balaban J connectivity index is 1.16. The summed E-state index contributed by atoms with van der Waals surface area (Å²) in [7, 11) is 0. The molecule has 4 nitrogen and oxygen atoms in total. The zero-order valence-corrected chi connectivity index (χ0v) is 26.4. The van der Waals surface area contributed by atoms with Crippen molar-refractivity contribution in [1.82, 2.24) is 15.0 Å². The van der Waals surface area contributed by atoms with Gasteiger partial charge in [0.25, 0.3) is 0 Å². The third-order valence-corrected chi connectivity index (χ3v) is 10.3. The number of hydrogen-bond donors (Lipinski definition) is 0. The number of nitrogens with zero attached hydrogens (tertiary/aromatic N) is 3. The molecule has 0 aliphatic heterocycles. The molecule has 3 aromatic heterocycles. The highest BCUT2D eigenvalue weighted by Gasteiger charge is 2.18. The van der Waals surface area contributed by atoms with Crippen LogP contribution in [0.15, 0.2) is 156 Å². The summed E-state index contributed by atoms with van der Waals surface area (Å²) in [5, 5.41) is 7.18. The van der Waals surface area contributed by atoms with Crippen molar-refractivity contribution in [3.63, 3.8) is 0 Å². The van der Waals surface area contributed by atoms with Gasteiger partial charge < -0.3 is 4.42 Å². The van der Waals surface area contributed by atoms with Crippen LogP contribution in [0.2, 0.25) is 0 Å². The van der Waals surface area contributed by atoms with Gasteiger partial charge in [-0.05, 0) is 52.2 Å². The van der Waals surface area contributed by atoms with Gasteiger partial charge in [-0.3, -0.25) is 0 Å². The molecule has 0 unspecified atom stereocenters. The predicted octanol–water partition coefficient (Wildman–Crippen LogP) is 12.0. The Bertz CT molecular complexity index is 2780. The molecule has 7 aromatic carbocycles. The molecule has 0 aliphatic carbocycles. The van der Waals surface area contributed by atoms with E-state index in [4.69, 9.17) is 19.4 Å². The van der Waals surface area contributed by atoms with Gasteiger partial charge in [-0.15, -0.1) is 11.3 Å². The van der Waals surface area contributed by atoms with Crippen LogP contribution in [-0.2, 0) is 0 Å². The molecule has 3 heterocycles. The molecule has 0 atom stereocenters. The van der Waals surface area contributed by atoms with E-state index in [1.54, 1.807) is 0 Å². The summed E-state index contributed by atoms with van der Waals surface area (Å²) in [6.45, 7) is 0. The normalized spacial score (nSPS) is 11.8. The number of benzene rings is 7. The summed E-state index contributed by atoms with van der Waals surface area (Å²) in [4.78, 5) is 15.0. The van der Waals surface area contributed by atoms with Crippen molar-refractivity contribution < 1.29 is 4.42 Å². The lowest BCUT2D eigenvalue weighted by atomic mass is 9.99. The lowest BCUT2D eigenvalue weighted by molar-refractivity contribution is 0.669. The smallest absolute Gasteiger partial charge is 0.164 e.